The van der Waals surface area contributed by atoms with Gasteiger partial charge >= 0.3 is 23.9 Å². The lowest BCUT2D eigenvalue weighted by molar-refractivity contribution is -0.132. The summed E-state index contributed by atoms with van der Waals surface area (Å²) in [5, 5.41) is 48.3. The third-order valence-electron chi connectivity index (χ3n) is 2.20. The molecule has 0 radical (unpaired) electrons. The van der Waals surface area contributed by atoms with Crippen molar-refractivity contribution in [2.75, 3.05) is 26.4 Å². The predicted molar refractivity (Wildman–Crippen MR) is 101 cm³/mol. The van der Waals surface area contributed by atoms with E-state index in [1.807, 2.05) is 0 Å². The molecular formula is C18H24O11. The molecule has 0 saturated carbocycles. The molecule has 0 atom stereocenters. The molecule has 1 aromatic carbocycles. The van der Waals surface area contributed by atoms with Gasteiger partial charge in [-0.25, -0.2) is 19.2 Å². The highest BCUT2D eigenvalue weighted by atomic mass is 16.5. The number of carboxylic acids is 4. The van der Waals surface area contributed by atoms with Crippen LogP contribution in [0.2, 0.25) is 0 Å². The van der Waals surface area contributed by atoms with E-state index in [0.29, 0.717) is 13.2 Å². The van der Waals surface area contributed by atoms with Crippen LogP contribution in [-0.4, -0.2) is 80.9 Å². The van der Waals surface area contributed by atoms with Gasteiger partial charge in [0.25, 0.3) is 0 Å². The molecule has 0 aliphatic carbocycles. The Bertz CT molecular complexity index is 581. The lowest BCUT2D eigenvalue weighted by atomic mass is 10.1. The van der Waals surface area contributed by atoms with Crippen LogP contribution in [-0.2, 0) is 14.3 Å². The number of aliphatic carboxylic acids is 2. The fraction of sp³-hybridized carbons (Fsp3) is 0.222. The monoisotopic (exact) mass is 416 g/mol. The van der Waals surface area contributed by atoms with Crippen molar-refractivity contribution in [1.29, 1.82) is 0 Å². The third-order valence-corrected chi connectivity index (χ3v) is 2.20. The van der Waals surface area contributed by atoms with E-state index < -0.39 is 23.9 Å². The van der Waals surface area contributed by atoms with Crippen LogP contribution in [0.1, 0.15) is 20.7 Å². The van der Waals surface area contributed by atoms with Crippen LogP contribution < -0.4 is 0 Å². The van der Waals surface area contributed by atoms with Gasteiger partial charge in [0.15, 0.2) is 0 Å². The zero-order valence-corrected chi connectivity index (χ0v) is 15.4. The molecule has 11 heteroatoms. The smallest absolute Gasteiger partial charge is 0.335 e. The Morgan fingerprint density at radius 1 is 0.724 bits per heavy atom. The number of aromatic carboxylic acids is 2. The largest absolute Gasteiger partial charge is 0.478 e. The Morgan fingerprint density at radius 2 is 0.966 bits per heavy atom. The number of benzene rings is 1. The predicted octanol–water partition coefficient (Wildman–Crippen LogP) is 0.585. The summed E-state index contributed by atoms with van der Waals surface area (Å²) in [4.78, 5) is 39.2. The summed E-state index contributed by atoms with van der Waals surface area (Å²) < 4.78 is 4.63. The zero-order chi connectivity index (χ0) is 23.2. The Kier molecular flexibility index (Phi) is 21.6. The van der Waals surface area contributed by atoms with Gasteiger partial charge in [0.2, 0.25) is 0 Å². The fourth-order valence-electron chi connectivity index (χ4n) is 0.987. The normalized spacial score (nSPS) is 8.34. The third kappa shape index (κ3) is 24.5. The van der Waals surface area contributed by atoms with Crippen LogP contribution in [0.3, 0.4) is 0 Å². The minimum atomic E-state index is -1.06. The molecule has 6 N–H and O–H groups in total. The number of aliphatic hydroxyl groups excluding tert-OH is 2. The quantitative estimate of drug-likeness (QED) is 0.256. The molecule has 0 amide bonds. The van der Waals surface area contributed by atoms with Gasteiger partial charge in [0, 0.05) is 12.2 Å². The maximum atomic E-state index is 10.3. The van der Waals surface area contributed by atoms with Crippen LogP contribution in [0, 0.1) is 0 Å². The summed E-state index contributed by atoms with van der Waals surface area (Å²) >= 11 is 0. The van der Waals surface area contributed by atoms with Gasteiger partial charge in [0.1, 0.15) is 0 Å². The van der Waals surface area contributed by atoms with E-state index in [9.17, 15) is 19.2 Å². The van der Waals surface area contributed by atoms with Gasteiger partial charge in [-0.3, -0.25) is 0 Å². The first-order chi connectivity index (χ1) is 13.6. The standard InChI is InChI=1S/C8H6O4.C4H10O3.2C3H4O2/c9-7(10)5-1-2-6(4-3-5)8(11)12;5-1-3-7-4-2-6;2*1-2-3(4)5/h1-4H,(H,9,10)(H,11,12);5-6H,1-4H2;2*2H,1H2,(H,4,5). The molecule has 0 saturated heterocycles. The van der Waals surface area contributed by atoms with Crippen molar-refractivity contribution in [2.24, 2.45) is 0 Å². The molecule has 0 heterocycles. The molecule has 0 spiro atoms. The number of hydrogen-bond donors (Lipinski definition) is 6. The minimum Gasteiger partial charge on any atom is -0.478 e. The molecule has 11 nitrogen and oxygen atoms in total. The zero-order valence-electron chi connectivity index (χ0n) is 15.4. The van der Waals surface area contributed by atoms with Crippen LogP contribution in [0.5, 0.6) is 0 Å². The second-order valence-electron chi connectivity index (χ2n) is 4.33. The second kappa shape index (κ2) is 20.8. The lowest BCUT2D eigenvalue weighted by Crippen LogP contribution is -2.03. The molecular weight excluding hydrogens is 392 g/mol. The van der Waals surface area contributed by atoms with Crippen LogP contribution in [0.25, 0.3) is 0 Å². The number of hydrogen-bond acceptors (Lipinski definition) is 7. The minimum absolute atomic E-state index is 0.0278. The summed E-state index contributed by atoms with van der Waals surface area (Å²) in [5.74, 6) is -4.09. The van der Waals surface area contributed by atoms with E-state index >= 15 is 0 Å². The molecule has 0 aromatic heterocycles. The van der Waals surface area contributed by atoms with E-state index in [0.717, 1.165) is 12.2 Å². The highest BCUT2D eigenvalue weighted by Gasteiger charge is 2.04. The van der Waals surface area contributed by atoms with E-state index in [1.165, 1.54) is 24.3 Å². The summed E-state index contributed by atoms with van der Waals surface area (Å²) in [7, 11) is 0. The molecule has 0 aliphatic rings. The van der Waals surface area contributed by atoms with Crippen LogP contribution >= 0.6 is 0 Å². The summed E-state index contributed by atoms with van der Waals surface area (Å²) in [6, 6.07) is 5.02. The summed E-state index contributed by atoms with van der Waals surface area (Å²) in [6.45, 7) is 6.62. The average Bonchev–Trinajstić information content (AvgIpc) is 2.69. The van der Waals surface area contributed by atoms with Gasteiger partial charge in [0.05, 0.1) is 37.6 Å². The van der Waals surface area contributed by atoms with Crippen molar-refractivity contribution in [3.63, 3.8) is 0 Å². The Hall–Kier alpha value is -3.54. The van der Waals surface area contributed by atoms with Gasteiger partial charge in [-0.15, -0.1) is 0 Å². The van der Waals surface area contributed by atoms with Crippen LogP contribution in [0.15, 0.2) is 49.6 Å². The highest BCUT2D eigenvalue weighted by Crippen LogP contribution is 2.03. The Labute approximate surface area is 166 Å². The van der Waals surface area contributed by atoms with E-state index in [4.69, 9.17) is 30.6 Å². The number of carboxylic acid groups (broad SMARTS) is 4. The first kappa shape index (κ1) is 30.2. The average molecular weight is 416 g/mol. The van der Waals surface area contributed by atoms with E-state index in [1.54, 1.807) is 0 Å². The molecule has 1 rings (SSSR count). The van der Waals surface area contributed by atoms with Crippen molar-refractivity contribution < 1.29 is 54.6 Å². The number of carbonyl (C=O) groups is 4. The fourth-order valence-corrected chi connectivity index (χ4v) is 0.987. The highest BCUT2D eigenvalue weighted by molar-refractivity contribution is 5.91. The van der Waals surface area contributed by atoms with Gasteiger partial charge in [-0.2, -0.15) is 0 Å². The van der Waals surface area contributed by atoms with Gasteiger partial charge in [-0.05, 0) is 24.3 Å². The Balaban J connectivity index is -0.000000341. The maximum absolute atomic E-state index is 10.3. The lowest BCUT2D eigenvalue weighted by Gasteiger charge is -1.94. The Morgan fingerprint density at radius 3 is 1.10 bits per heavy atom. The van der Waals surface area contributed by atoms with Crippen molar-refractivity contribution in [3.8, 4) is 0 Å². The first-order valence-electron chi connectivity index (χ1n) is 7.64. The number of aliphatic hydroxyl groups is 2. The van der Waals surface area contributed by atoms with Crippen molar-refractivity contribution in [3.05, 3.63) is 60.7 Å². The maximum Gasteiger partial charge on any atom is 0.335 e. The molecule has 1 aromatic rings. The van der Waals surface area contributed by atoms with Gasteiger partial charge in [-0.1, -0.05) is 13.2 Å². The number of ether oxygens (including phenoxy) is 1. The molecule has 162 valence electrons. The van der Waals surface area contributed by atoms with Crippen molar-refractivity contribution in [2.45, 2.75) is 0 Å². The SMILES string of the molecule is C=CC(=O)O.C=CC(=O)O.O=C(O)c1ccc(C(=O)O)cc1.OCCOCCO. The summed E-state index contributed by atoms with van der Waals surface area (Å²) in [5.41, 5.74) is 0.167. The second-order valence-corrected chi connectivity index (χ2v) is 4.33. The molecule has 0 bridgehead atoms. The molecule has 29 heavy (non-hydrogen) atoms. The molecule has 0 aliphatic heterocycles. The van der Waals surface area contributed by atoms with Crippen molar-refractivity contribution in [1.82, 2.24) is 0 Å². The topological polar surface area (TPSA) is 199 Å². The van der Waals surface area contributed by atoms with Crippen LogP contribution in [0.4, 0.5) is 0 Å². The molecule has 0 unspecified atom stereocenters. The van der Waals surface area contributed by atoms with Gasteiger partial charge < -0.3 is 35.4 Å². The van der Waals surface area contributed by atoms with Crippen molar-refractivity contribution >= 4 is 23.9 Å². The summed E-state index contributed by atoms with van der Waals surface area (Å²) in [6.07, 6.45) is 1.67. The molecule has 0 fully saturated rings. The van der Waals surface area contributed by atoms with E-state index in [2.05, 4.69) is 17.9 Å². The number of rotatable bonds is 8. The van der Waals surface area contributed by atoms with E-state index in [-0.39, 0.29) is 24.3 Å². The first-order valence-corrected chi connectivity index (χ1v) is 7.64.